The van der Waals surface area contributed by atoms with Crippen LogP contribution in [0.15, 0.2) is 29.2 Å². The molecule has 0 bridgehead atoms. The van der Waals surface area contributed by atoms with E-state index in [2.05, 4.69) is 51.0 Å². The quantitative estimate of drug-likeness (QED) is 0.478. The number of carbonyl (C=O) groups excluding carboxylic acids is 1. The summed E-state index contributed by atoms with van der Waals surface area (Å²) < 4.78 is 7.91. The van der Waals surface area contributed by atoms with Crippen LogP contribution in [0.2, 0.25) is 0 Å². The van der Waals surface area contributed by atoms with Crippen molar-refractivity contribution in [2.75, 3.05) is 39.4 Å². The summed E-state index contributed by atoms with van der Waals surface area (Å²) in [5.41, 5.74) is 7.32. The van der Waals surface area contributed by atoms with Gasteiger partial charge >= 0.3 is 0 Å². The maximum atomic E-state index is 13.6. The van der Waals surface area contributed by atoms with E-state index >= 15 is 0 Å². The third-order valence-corrected chi connectivity index (χ3v) is 8.17. The van der Waals surface area contributed by atoms with Crippen LogP contribution in [-0.2, 0) is 11.3 Å². The van der Waals surface area contributed by atoms with Crippen molar-refractivity contribution in [3.63, 3.8) is 0 Å². The molecule has 0 aliphatic carbocycles. The molecule has 1 unspecified atom stereocenters. The zero-order valence-corrected chi connectivity index (χ0v) is 22.4. The summed E-state index contributed by atoms with van der Waals surface area (Å²) in [7, 11) is 0. The van der Waals surface area contributed by atoms with Crippen LogP contribution >= 0.6 is 0 Å². The van der Waals surface area contributed by atoms with Crippen molar-refractivity contribution in [2.24, 2.45) is 0 Å². The van der Waals surface area contributed by atoms with Crippen molar-refractivity contribution >= 4 is 11.4 Å². The maximum absolute atomic E-state index is 13.6. The molecule has 198 valence electrons. The van der Waals surface area contributed by atoms with Crippen LogP contribution in [0.1, 0.15) is 75.7 Å². The molecule has 2 aliphatic rings. The van der Waals surface area contributed by atoms with E-state index in [1.165, 1.54) is 5.56 Å². The van der Waals surface area contributed by atoms with Gasteiger partial charge in [-0.25, -0.2) is 0 Å². The number of morpholine rings is 1. The number of aryl methyl sites for hydroxylation is 2. The molecule has 2 saturated heterocycles. The number of rotatable bonds is 6. The number of piperidine rings is 1. The van der Waals surface area contributed by atoms with Crippen molar-refractivity contribution in [1.82, 2.24) is 24.9 Å². The van der Waals surface area contributed by atoms with Crippen molar-refractivity contribution in [3.05, 3.63) is 74.0 Å². The van der Waals surface area contributed by atoms with Gasteiger partial charge in [-0.2, -0.15) is 0 Å². The van der Waals surface area contributed by atoms with Gasteiger partial charge in [0.1, 0.15) is 0 Å². The molecule has 1 atom stereocenters. The fraction of sp³-hybridized carbons (Fsp3) is 0.517. The molecule has 2 aliphatic heterocycles. The minimum atomic E-state index is -0.153. The van der Waals surface area contributed by atoms with E-state index < -0.39 is 0 Å². The third kappa shape index (κ3) is 5.23. The number of carbonyl (C=O) groups is 1. The Morgan fingerprint density at radius 2 is 1.86 bits per heavy atom. The molecule has 0 saturated carbocycles. The highest BCUT2D eigenvalue weighted by Gasteiger charge is 2.27. The molecule has 3 aromatic rings. The van der Waals surface area contributed by atoms with Gasteiger partial charge in [0.2, 0.25) is 0 Å². The highest BCUT2D eigenvalue weighted by Crippen LogP contribution is 2.33. The van der Waals surface area contributed by atoms with Crippen molar-refractivity contribution < 1.29 is 9.53 Å². The highest BCUT2D eigenvalue weighted by atomic mass is 16.5. The number of amides is 1. The summed E-state index contributed by atoms with van der Waals surface area (Å²) in [6.07, 6.45) is 4.55. The molecule has 8 nitrogen and oxygen atoms in total. The van der Waals surface area contributed by atoms with Crippen LogP contribution in [0.4, 0.5) is 0 Å². The van der Waals surface area contributed by atoms with Gasteiger partial charge in [-0.05, 0) is 94.4 Å². The van der Waals surface area contributed by atoms with E-state index in [4.69, 9.17) is 4.74 Å². The third-order valence-electron chi connectivity index (χ3n) is 8.17. The second-order valence-corrected chi connectivity index (χ2v) is 10.6. The summed E-state index contributed by atoms with van der Waals surface area (Å²) in [4.78, 5) is 31.3. The molecule has 3 N–H and O–H groups in total. The van der Waals surface area contributed by atoms with Gasteiger partial charge in [-0.15, -0.1) is 0 Å². The fourth-order valence-electron chi connectivity index (χ4n) is 6.03. The Morgan fingerprint density at radius 1 is 1.14 bits per heavy atom. The lowest BCUT2D eigenvalue weighted by molar-refractivity contribution is 0.0187. The first-order valence-corrected chi connectivity index (χ1v) is 13.5. The number of aromatic nitrogens is 2. The molecule has 0 radical (unpaired) electrons. The molecule has 2 fully saturated rings. The van der Waals surface area contributed by atoms with E-state index in [-0.39, 0.29) is 24.1 Å². The number of hydrogen-bond acceptors (Lipinski definition) is 5. The molecule has 1 amide bonds. The standard InChI is InChI=1S/C29H39N5O3/c1-18-13-19(2)32-29(36)26(18)16-31-28(35)25-15-24-14-23(22-5-7-30-8-6-22)17-34(24)27(20(25)3)21(4)33-9-11-37-12-10-33/h13-15,17,21-22,30H,5-12,16H2,1-4H3,(H,31,35)(H,32,36). The Bertz CT molecular complexity index is 1350. The smallest absolute Gasteiger partial charge is 0.253 e. The van der Waals surface area contributed by atoms with E-state index in [1.54, 1.807) is 0 Å². The largest absolute Gasteiger partial charge is 0.379 e. The predicted octanol–water partition coefficient (Wildman–Crippen LogP) is 3.34. The summed E-state index contributed by atoms with van der Waals surface area (Å²) in [5, 5.41) is 6.49. The second-order valence-electron chi connectivity index (χ2n) is 10.6. The maximum Gasteiger partial charge on any atom is 0.253 e. The van der Waals surface area contributed by atoms with E-state index in [0.29, 0.717) is 17.0 Å². The predicted molar refractivity (Wildman–Crippen MR) is 145 cm³/mol. The Balaban J connectivity index is 1.52. The number of fused-ring (bicyclic) bond motifs is 1. The lowest BCUT2D eigenvalue weighted by atomic mass is 9.92. The fourth-order valence-corrected chi connectivity index (χ4v) is 6.03. The molecular weight excluding hydrogens is 466 g/mol. The van der Waals surface area contributed by atoms with E-state index in [0.717, 1.165) is 80.3 Å². The molecule has 37 heavy (non-hydrogen) atoms. The van der Waals surface area contributed by atoms with Gasteiger partial charge in [-0.3, -0.25) is 14.5 Å². The van der Waals surface area contributed by atoms with Gasteiger partial charge in [0.05, 0.1) is 13.2 Å². The summed E-state index contributed by atoms with van der Waals surface area (Å²) in [6, 6.07) is 6.34. The van der Waals surface area contributed by atoms with Crippen LogP contribution in [0, 0.1) is 20.8 Å². The Labute approximate surface area is 218 Å². The van der Waals surface area contributed by atoms with Crippen LogP contribution in [-0.4, -0.2) is 59.6 Å². The van der Waals surface area contributed by atoms with E-state index in [1.807, 2.05) is 26.0 Å². The first kappa shape index (κ1) is 25.7. The van der Waals surface area contributed by atoms with Gasteiger partial charge < -0.3 is 24.8 Å². The number of ether oxygens (including phenoxy) is 1. The van der Waals surface area contributed by atoms with Gasteiger partial charge in [0.25, 0.3) is 11.5 Å². The minimum absolute atomic E-state index is 0.134. The first-order chi connectivity index (χ1) is 17.8. The van der Waals surface area contributed by atoms with Crippen LogP contribution in [0.25, 0.3) is 5.52 Å². The summed E-state index contributed by atoms with van der Waals surface area (Å²) in [6.45, 7) is 13.5. The highest BCUT2D eigenvalue weighted by molar-refractivity contribution is 5.97. The lowest BCUT2D eigenvalue weighted by Gasteiger charge is -2.34. The number of hydrogen-bond donors (Lipinski definition) is 3. The molecule has 3 aromatic heterocycles. The normalized spacial score (nSPS) is 18.3. The summed E-state index contributed by atoms with van der Waals surface area (Å²) >= 11 is 0. The lowest BCUT2D eigenvalue weighted by Crippen LogP contribution is -2.39. The molecule has 5 rings (SSSR count). The van der Waals surface area contributed by atoms with Crippen LogP contribution < -0.4 is 16.2 Å². The molecule has 5 heterocycles. The average molecular weight is 506 g/mol. The van der Waals surface area contributed by atoms with Gasteiger partial charge in [0.15, 0.2) is 0 Å². The summed E-state index contributed by atoms with van der Waals surface area (Å²) in [5.74, 6) is 0.376. The Kier molecular flexibility index (Phi) is 7.51. The van der Waals surface area contributed by atoms with Crippen molar-refractivity contribution in [3.8, 4) is 0 Å². The average Bonchev–Trinajstić information content (AvgIpc) is 3.32. The number of pyridine rings is 2. The zero-order chi connectivity index (χ0) is 26.1. The second kappa shape index (κ2) is 10.8. The minimum Gasteiger partial charge on any atom is -0.379 e. The van der Waals surface area contributed by atoms with Crippen LogP contribution in [0.5, 0.6) is 0 Å². The van der Waals surface area contributed by atoms with Crippen LogP contribution in [0.3, 0.4) is 0 Å². The molecular formula is C29H39N5O3. The molecule has 0 aromatic carbocycles. The monoisotopic (exact) mass is 505 g/mol. The number of nitrogens with one attached hydrogen (secondary N) is 3. The number of aromatic amines is 1. The Hall–Kier alpha value is -2.94. The SMILES string of the molecule is Cc1cc(C)c(CNC(=O)c2cc3cc(C4CCNCC4)cn3c(C(C)N3CCOCC3)c2C)c(=O)[nH]1. The number of H-pyrrole nitrogens is 1. The van der Waals surface area contributed by atoms with E-state index in [9.17, 15) is 9.59 Å². The van der Waals surface area contributed by atoms with Crippen molar-refractivity contribution in [1.29, 1.82) is 0 Å². The molecule has 8 heteroatoms. The number of nitrogens with zero attached hydrogens (tertiary/aromatic N) is 2. The van der Waals surface area contributed by atoms with Gasteiger partial charge in [0, 0.05) is 59.9 Å². The van der Waals surface area contributed by atoms with Gasteiger partial charge in [-0.1, -0.05) is 0 Å². The topological polar surface area (TPSA) is 90.9 Å². The Morgan fingerprint density at radius 3 is 2.57 bits per heavy atom. The first-order valence-electron chi connectivity index (χ1n) is 13.5. The van der Waals surface area contributed by atoms with Crippen molar-refractivity contribution in [2.45, 2.75) is 59.0 Å². The molecule has 0 spiro atoms. The zero-order valence-electron chi connectivity index (χ0n) is 22.4.